The molecule has 6 aromatic rings. The molecule has 8 rings (SSSR count). The maximum atomic E-state index is 12.7. The molecular formula is C46H51N13Na4O17S4. The smallest absolute Gasteiger partial charge is 0.744 e. The summed E-state index contributed by atoms with van der Waals surface area (Å²) in [7, 11) is -19.9. The Bertz CT molecular complexity index is 3380. The van der Waals surface area contributed by atoms with Crippen LogP contribution in [0.2, 0.25) is 0 Å². The molecule has 7 N–H and O–H groups in total. The molecule has 0 aliphatic carbocycles. The molecule has 0 amide bonds. The molecule has 2 aliphatic rings. The molecule has 0 bridgehead atoms. The van der Waals surface area contributed by atoms with Crippen molar-refractivity contribution in [2.75, 3.05) is 123 Å². The van der Waals surface area contributed by atoms with Crippen LogP contribution in [-0.4, -0.2) is 194 Å². The molecule has 0 saturated carbocycles. The van der Waals surface area contributed by atoms with Gasteiger partial charge in [0.05, 0.1) is 65.8 Å². The Kier molecular flexibility index (Phi) is 30.9. The number of rotatable bonds is 22. The summed E-state index contributed by atoms with van der Waals surface area (Å²) in [5.74, 6) is 0.0737. The average molecular weight is 1280 g/mol. The van der Waals surface area contributed by atoms with E-state index in [0.717, 1.165) is 48.6 Å². The first-order valence-corrected chi connectivity index (χ1v) is 29.4. The van der Waals surface area contributed by atoms with Gasteiger partial charge >= 0.3 is 118 Å². The molecule has 30 nitrogen and oxygen atoms in total. The molecule has 4 aromatic carbocycles. The molecule has 84 heavy (non-hydrogen) atoms. The molecule has 0 atom stereocenters. The van der Waals surface area contributed by atoms with Crippen LogP contribution in [0.15, 0.2) is 105 Å². The van der Waals surface area contributed by atoms with E-state index in [1.807, 2.05) is 0 Å². The van der Waals surface area contributed by atoms with Gasteiger partial charge in [-0.15, -0.1) is 0 Å². The van der Waals surface area contributed by atoms with Crippen LogP contribution < -0.4 is 149 Å². The zero-order chi connectivity index (χ0) is 57.7. The van der Waals surface area contributed by atoms with Gasteiger partial charge in [-0.3, -0.25) is 4.90 Å². The standard InChI is InChI=1S/C40H40N12O14S4.C6H15NO3.4Na/c53-67(54,55)31-11-7-27(8-12-31)41-35-45-37(49-39(47-35)51-15-19-65-20-16-51)43-29-5-3-25(33(23-29)69(59,60)61)1-2-26-4-6-30(24-34(26)70(62,63)64)44-38-46-36(48-40(50-38)52-17-21-66-22-18-52)42-28-9-13-32(14-10-28)68(56,57)58;8-4-1-7(2-5-9)3-6-10;;;;/h1-14,23-24H,15-22H2,(H,53,54,55)(H,56,57,58)(H,59,60,61)(H,62,63,64)(H2,41,43,45,47,49)(H2,42,44,46,48,50);8-10H,1-6H2;;;;/q;;4*+1/p-4/b2-1+;;;;;. The first-order valence-electron chi connectivity index (χ1n) is 23.8. The molecule has 2 saturated heterocycles. The Hall–Kier alpha value is -3.16. The fourth-order valence-electron chi connectivity index (χ4n) is 7.56. The normalized spacial score (nSPS) is 13.7. The van der Waals surface area contributed by atoms with E-state index in [1.165, 1.54) is 48.5 Å². The summed E-state index contributed by atoms with van der Waals surface area (Å²) in [5.41, 5.74) is 0.306. The van der Waals surface area contributed by atoms with Crippen LogP contribution in [0, 0.1) is 0 Å². The van der Waals surface area contributed by atoms with Crippen LogP contribution >= 0.6 is 0 Å². The van der Waals surface area contributed by atoms with Crippen molar-refractivity contribution in [3.63, 3.8) is 0 Å². The van der Waals surface area contributed by atoms with Crippen LogP contribution in [-0.2, 0) is 49.9 Å². The van der Waals surface area contributed by atoms with Crippen molar-refractivity contribution in [2.24, 2.45) is 0 Å². The third-order valence-electron chi connectivity index (χ3n) is 11.4. The van der Waals surface area contributed by atoms with Crippen LogP contribution in [0.1, 0.15) is 11.1 Å². The first-order chi connectivity index (χ1) is 38.0. The summed E-state index contributed by atoms with van der Waals surface area (Å²) in [6.45, 7) is 4.84. The van der Waals surface area contributed by atoms with Gasteiger partial charge in [-0.1, -0.05) is 24.3 Å². The summed E-state index contributed by atoms with van der Waals surface area (Å²) in [6.07, 6.45) is 2.27. The molecule has 38 heteroatoms. The van der Waals surface area contributed by atoms with Crippen LogP contribution in [0.3, 0.4) is 0 Å². The van der Waals surface area contributed by atoms with Crippen LogP contribution in [0.5, 0.6) is 0 Å². The predicted molar refractivity (Wildman–Crippen MR) is 283 cm³/mol. The largest absolute Gasteiger partial charge is 1.00 e. The van der Waals surface area contributed by atoms with Gasteiger partial charge in [0.2, 0.25) is 35.7 Å². The van der Waals surface area contributed by atoms with E-state index >= 15 is 0 Å². The molecular weight excluding hydrogens is 1230 g/mol. The van der Waals surface area contributed by atoms with E-state index in [9.17, 15) is 51.9 Å². The first kappa shape index (κ1) is 75.1. The SMILES string of the molecule is O=S(=O)([O-])c1ccc(Nc2nc(Nc3ccc(/C=C/c4ccc(Nc5nc(Nc6ccc(S(=O)(=O)[O-])cc6)nc(N6CCOCC6)n5)cc4S(=O)(=O)[O-])c(S(=O)(=O)[O-])c3)nc(N3CCOCC3)n2)cc1.OCCN(CCO)CCO.[Na+].[Na+].[Na+].[Na+]. The van der Waals surface area contributed by atoms with E-state index in [0.29, 0.717) is 83.6 Å². The molecule has 0 radical (unpaired) electrons. The van der Waals surface area contributed by atoms with Crippen LogP contribution in [0.4, 0.5) is 58.4 Å². The van der Waals surface area contributed by atoms with E-state index in [4.69, 9.17) is 24.8 Å². The second kappa shape index (κ2) is 34.6. The van der Waals surface area contributed by atoms with Crippen molar-refractivity contribution in [1.82, 2.24) is 34.8 Å². The minimum absolute atomic E-state index is 0. The van der Waals surface area contributed by atoms with E-state index < -0.39 is 60.1 Å². The average Bonchev–Trinajstić information content (AvgIpc) is 3.51. The van der Waals surface area contributed by atoms with Gasteiger partial charge in [-0.25, -0.2) is 33.7 Å². The number of nitrogens with zero attached hydrogens (tertiary/aromatic N) is 9. The van der Waals surface area contributed by atoms with Crippen molar-refractivity contribution in [3.05, 3.63) is 96.1 Å². The van der Waals surface area contributed by atoms with E-state index in [2.05, 4.69) is 51.2 Å². The number of ether oxygens (including phenoxy) is 2. The maximum absolute atomic E-state index is 12.7. The zero-order valence-electron chi connectivity index (χ0n) is 45.9. The molecule has 430 valence electrons. The number of aromatic nitrogens is 6. The Morgan fingerprint density at radius 2 is 0.726 bits per heavy atom. The molecule has 4 heterocycles. The van der Waals surface area contributed by atoms with Gasteiger partial charge in [-0.05, 0) is 83.9 Å². The van der Waals surface area contributed by atoms with Gasteiger partial charge < -0.3 is 74.1 Å². The quantitative estimate of drug-likeness (QED) is 0.0188. The summed E-state index contributed by atoms with van der Waals surface area (Å²) in [4.78, 5) is 29.4. The Morgan fingerprint density at radius 3 is 1.00 bits per heavy atom. The van der Waals surface area contributed by atoms with Crippen molar-refractivity contribution in [3.8, 4) is 0 Å². The predicted octanol–water partition coefficient (Wildman–Crippen LogP) is -11.2. The Morgan fingerprint density at radius 1 is 0.440 bits per heavy atom. The van der Waals surface area contributed by atoms with Gasteiger partial charge in [-0.2, -0.15) is 29.9 Å². The topological polar surface area (TPSA) is 443 Å². The summed E-state index contributed by atoms with van der Waals surface area (Å²) in [6, 6.07) is 17.0. The second-order valence-corrected chi connectivity index (χ2v) is 22.4. The van der Waals surface area contributed by atoms with Gasteiger partial charge in [0.25, 0.3) is 0 Å². The number of benzene rings is 4. The van der Waals surface area contributed by atoms with Gasteiger partial charge in [0.1, 0.15) is 40.5 Å². The van der Waals surface area contributed by atoms with Gasteiger partial charge in [0.15, 0.2) is 0 Å². The Balaban J connectivity index is 0.00000121. The molecule has 2 aromatic heterocycles. The fraction of sp³-hybridized carbons (Fsp3) is 0.304. The number of hydrogen-bond acceptors (Lipinski definition) is 30. The minimum atomic E-state index is -5.22. The molecule has 2 fully saturated rings. The van der Waals surface area contributed by atoms with Crippen molar-refractivity contribution in [2.45, 2.75) is 19.6 Å². The summed E-state index contributed by atoms with van der Waals surface area (Å²) in [5, 5.41) is 37.0. The number of nitrogens with one attached hydrogen (secondary N) is 4. The van der Waals surface area contributed by atoms with E-state index in [1.54, 1.807) is 14.7 Å². The summed E-state index contributed by atoms with van der Waals surface area (Å²) < 4.78 is 155. The minimum Gasteiger partial charge on any atom is -0.744 e. The maximum Gasteiger partial charge on any atom is 1.00 e. The Labute approximate surface area is 572 Å². The summed E-state index contributed by atoms with van der Waals surface area (Å²) >= 11 is 0. The third-order valence-corrected chi connectivity index (χ3v) is 14.9. The van der Waals surface area contributed by atoms with Crippen molar-refractivity contribution < 1.29 is 195 Å². The van der Waals surface area contributed by atoms with E-state index in [-0.39, 0.29) is 196 Å². The number of anilines is 10. The second-order valence-electron chi connectivity index (χ2n) is 17.0. The number of morpholine rings is 2. The number of hydrogen-bond donors (Lipinski definition) is 7. The van der Waals surface area contributed by atoms with Crippen LogP contribution in [0.25, 0.3) is 12.2 Å². The molecule has 2 aliphatic heterocycles. The molecule has 0 spiro atoms. The monoisotopic (exact) mass is 1280 g/mol. The molecule has 0 unspecified atom stereocenters. The number of aliphatic hydroxyl groups excluding tert-OH is 3. The van der Waals surface area contributed by atoms with Crippen molar-refractivity contribution in [1.29, 1.82) is 0 Å². The van der Waals surface area contributed by atoms with Gasteiger partial charge in [0, 0.05) is 68.6 Å². The van der Waals surface area contributed by atoms with Crippen molar-refractivity contribution >= 4 is 111 Å². The third kappa shape index (κ3) is 22.8. The number of aliphatic hydroxyl groups is 3. The zero-order valence-corrected chi connectivity index (χ0v) is 57.1. The fourth-order valence-corrected chi connectivity index (χ4v) is 9.89.